The first kappa shape index (κ1) is 12.4. The second kappa shape index (κ2) is 6.86. The second-order valence-electron chi connectivity index (χ2n) is 3.60. The first-order valence-corrected chi connectivity index (χ1v) is 4.65. The molecule has 3 N–H and O–H groups in total. The van der Waals surface area contributed by atoms with E-state index >= 15 is 0 Å². The van der Waals surface area contributed by atoms with Crippen molar-refractivity contribution in [2.24, 2.45) is 5.92 Å². The van der Waals surface area contributed by atoms with Gasteiger partial charge in [-0.2, -0.15) is 0 Å². The van der Waals surface area contributed by atoms with E-state index in [9.17, 15) is 9.90 Å². The van der Waals surface area contributed by atoms with E-state index in [1.165, 1.54) is 0 Å². The summed E-state index contributed by atoms with van der Waals surface area (Å²) < 4.78 is 0. The molecule has 0 aliphatic heterocycles. The number of nitrogens with one attached hydrogen (secondary N) is 1. The van der Waals surface area contributed by atoms with E-state index < -0.39 is 12.2 Å². The highest BCUT2D eigenvalue weighted by molar-refractivity contribution is 5.66. The summed E-state index contributed by atoms with van der Waals surface area (Å²) in [7, 11) is 0. The minimum atomic E-state index is -0.809. The lowest BCUT2D eigenvalue weighted by molar-refractivity contribution is -0.137. The van der Waals surface area contributed by atoms with Gasteiger partial charge in [-0.1, -0.05) is 13.8 Å². The third-order valence-electron chi connectivity index (χ3n) is 1.63. The monoisotopic (exact) mass is 189 g/mol. The smallest absolute Gasteiger partial charge is 0.303 e. The molecule has 1 atom stereocenters. The maximum absolute atomic E-state index is 10.1. The molecule has 13 heavy (non-hydrogen) atoms. The van der Waals surface area contributed by atoms with E-state index in [1.54, 1.807) is 0 Å². The number of carboxylic acid groups (broad SMARTS) is 1. The zero-order valence-corrected chi connectivity index (χ0v) is 8.29. The third kappa shape index (κ3) is 9.30. The Hall–Kier alpha value is -0.610. The van der Waals surface area contributed by atoms with Crippen molar-refractivity contribution in [3.63, 3.8) is 0 Å². The van der Waals surface area contributed by atoms with Gasteiger partial charge in [-0.15, -0.1) is 0 Å². The van der Waals surface area contributed by atoms with Crippen LogP contribution in [-0.2, 0) is 4.79 Å². The summed E-state index contributed by atoms with van der Waals surface area (Å²) >= 11 is 0. The summed E-state index contributed by atoms with van der Waals surface area (Å²) in [5.41, 5.74) is 0. The number of carbonyl (C=O) groups is 1. The zero-order chi connectivity index (χ0) is 10.3. The molecule has 0 aliphatic rings. The highest BCUT2D eigenvalue weighted by Crippen LogP contribution is 1.99. The van der Waals surface area contributed by atoms with Gasteiger partial charge in [-0.3, -0.25) is 10.1 Å². The van der Waals surface area contributed by atoms with E-state index in [-0.39, 0.29) is 6.42 Å². The Kier molecular flexibility index (Phi) is 6.54. The first-order chi connectivity index (χ1) is 6.02. The molecule has 0 aromatic carbocycles. The minimum absolute atomic E-state index is 0.125. The largest absolute Gasteiger partial charge is 0.481 e. The molecular weight excluding hydrogens is 170 g/mol. The molecule has 0 bridgehead atoms. The topological polar surface area (TPSA) is 69.6 Å². The lowest BCUT2D eigenvalue weighted by Gasteiger charge is -2.13. The van der Waals surface area contributed by atoms with Gasteiger partial charge in [0.25, 0.3) is 0 Å². The molecular formula is C9H19NO3. The van der Waals surface area contributed by atoms with Crippen molar-refractivity contribution in [3.05, 3.63) is 0 Å². The molecule has 0 radical (unpaired) electrons. The molecule has 0 fully saturated rings. The summed E-state index contributed by atoms with van der Waals surface area (Å²) in [5.74, 6) is -0.315. The SMILES string of the molecule is CC(C)CNC(O)CCCC(=O)O. The van der Waals surface area contributed by atoms with Crippen LogP contribution in [-0.4, -0.2) is 29.0 Å². The molecule has 0 amide bonds. The normalized spacial score (nSPS) is 13.2. The average molecular weight is 189 g/mol. The number of aliphatic hydroxyl groups excluding tert-OH is 1. The fraction of sp³-hybridized carbons (Fsp3) is 0.889. The van der Waals surface area contributed by atoms with Crippen molar-refractivity contribution >= 4 is 5.97 Å². The maximum Gasteiger partial charge on any atom is 0.303 e. The number of rotatable bonds is 7. The van der Waals surface area contributed by atoms with Crippen LogP contribution >= 0.6 is 0 Å². The lowest BCUT2D eigenvalue weighted by atomic mass is 10.2. The van der Waals surface area contributed by atoms with Crippen LogP contribution in [0, 0.1) is 5.92 Å². The lowest BCUT2D eigenvalue weighted by Crippen LogP contribution is -2.31. The van der Waals surface area contributed by atoms with Crippen molar-refractivity contribution < 1.29 is 15.0 Å². The van der Waals surface area contributed by atoms with E-state index in [1.807, 2.05) is 0 Å². The highest BCUT2D eigenvalue weighted by Gasteiger charge is 2.05. The Labute approximate surface area is 79.0 Å². The average Bonchev–Trinajstić information content (AvgIpc) is 2.00. The van der Waals surface area contributed by atoms with Gasteiger partial charge >= 0.3 is 5.97 Å². The van der Waals surface area contributed by atoms with Crippen LogP contribution in [0.5, 0.6) is 0 Å². The number of aliphatic carboxylic acids is 1. The van der Waals surface area contributed by atoms with Crippen LogP contribution in [0.3, 0.4) is 0 Å². The fourth-order valence-electron chi connectivity index (χ4n) is 0.920. The van der Waals surface area contributed by atoms with Crippen LogP contribution < -0.4 is 5.32 Å². The Morgan fingerprint density at radius 3 is 2.54 bits per heavy atom. The zero-order valence-electron chi connectivity index (χ0n) is 8.29. The molecule has 0 aromatic heterocycles. The summed E-state index contributed by atoms with van der Waals surface area (Å²) in [6.07, 6.45) is 0.572. The maximum atomic E-state index is 10.1. The van der Waals surface area contributed by atoms with Crippen LogP contribution in [0.2, 0.25) is 0 Å². The molecule has 0 saturated carbocycles. The van der Waals surface area contributed by atoms with Gasteiger partial charge in [0.2, 0.25) is 0 Å². The van der Waals surface area contributed by atoms with E-state index in [4.69, 9.17) is 5.11 Å². The molecule has 0 saturated heterocycles. The summed E-state index contributed by atoms with van der Waals surface area (Å²) in [6.45, 7) is 4.86. The van der Waals surface area contributed by atoms with Gasteiger partial charge in [0.1, 0.15) is 6.23 Å². The fourth-order valence-corrected chi connectivity index (χ4v) is 0.920. The van der Waals surface area contributed by atoms with Crippen LogP contribution in [0.25, 0.3) is 0 Å². The van der Waals surface area contributed by atoms with Gasteiger partial charge in [-0.25, -0.2) is 0 Å². The van der Waals surface area contributed by atoms with Crippen LogP contribution in [0.15, 0.2) is 0 Å². The van der Waals surface area contributed by atoms with Crippen molar-refractivity contribution in [2.75, 3.05) is 6.54 Å². The minimum Gasteiger partial charge on any atom is -0.481 e. The van der Waals surface area contributed by atoms with E-state index in [2.05, 4.69) is 19.2 Å². The molecule has 4 nitrogen and oxygen atoms in total. The van der Waals surface area contributed by atoms with Crippen molar-refractivity contribution in [3.8, 4) is 0 Å². The number of aliphatic hydroxyl groups is 1. The third-order valence-corrected chi connectivity index (χ3v) is 1.63. The van der Waals surface area contributed by atoms with Gasteiger partial charge < -0.3 is 10.2 Å². The first-order valence-electron chi connectivity index (χ1n) is 4.65. The molecule has 0 aliphatic carbocycles. The number of carboxylic acids is 1. The summed E-state index contributed by atoms with van der Waals surface area (Å²) in [5, 5.41) is 20.6. The predicted molar refractivity (Wildman–Crippen MR) is 50.3 cm³/mol. The molecule has 0 spiro atoms. The van der Waals surface area contributed by atoms with Gasteiger partial charge in [0, 0.05) is 6.42 Å². The molecule has 4 heteroatoms. The van der Waals surface area contributed by atoms with E-state index in [0.717, 1.165) is 6.54 Å². The van der Waals surface area contributed by atoms with Crippen molar-refractivity contribution in [2.45, 2.75) is 39.3 Å². The number of hydrogen-bond acceptors (Lipinski definition) is 3. The van der Waals surface area contributed by atoms with Gasteiger partial charge in [-0.05, 0) is 25.3 Å². The van der Waals surface area contributed by atoms with Crippen molar-refractivity contribution in [1.82, 2.24) is 5.32 Å². The predicted octanol–water partition coefficient (Wildman–Crippen LogP) is 0.805. The molecule has 0 aromatic rings. The Morgan fingerprint density at radius 2 is 2.08 bits per heavy atom. The highest BCUT2D eigenvalue weighted by atomic mass is 16.4. The van der Waals surface area contributed by atoms with E-state index in [0.29, 0.717) is 18.8 Å². The Bertz CT molecular complexity index is 148. The van der Waals surface area contributed by atoms with Crippen molar-refractivity contribution in [1.29, 1.82) is 0 Å². The van der Waals surface area contributed by atoms with Gasteiger partial charge in [0.15, 0.2) is 0 Å². The van der Waals surface area contributed by atoms with Crippen LogP contribution in [0.1, 0.15) is 33.1 Å². The number of hydrogen-bond donors (Lipinski definition) is 3. The summed E-state index contributed by atoms with van der Waals surface area (Å²) in [4.78, 5) is 10.1. The van der Waals surface area contributed by atoms with Gasteiger partial charge in [0.05, 0.1) is 0 Å². The standard InChI is InChI=1S/C9H19NO3/c1-7(2)6-10-8(11)4-3-5-9(12)13/h7-8,10-11H,3-6H2,1-2H3,(H,12,13). The van der Waals surface area contributed by atoms with Crippen LogP contribution in [0.4, 0.5) is 0 Å². The summed E-state index contributed by atoms with van der Waals surface area (Å²) in [6, 6.07) is 0. The molecule has 78 valence electrons. The quantitative estimate of drug-likeness (QED) is 0.518. The Morgan fingerprint density at radius 1 is 1.46 bits per heavy atom. The second-order valence-corrected chi connectivity index (χ2v) is 3.60. The molecule has 1 unspecified atom stereocenters. The Balaban J connectivity index is 3.29. The molecule has 0 heterocycles. The molecule has 0 rings (SSSR count).